The first-order chi connectivity index (χ1) is 8.24. The summed E-state index contributed by atoms with van der Waals surface area (Å²) in [7, 11) is 0. The van der Waals surface area contributed by atoms with E-state index in [2.05, 4.69) is 11.6 Å². The van der Waals surface area contributed by atoms with Crippen LogP contribution in [0.4, 0.5) is 4.79 Å². The van der Waals surface area contributed by atoms with Crippen molar-refractivity contribution < 1.29 is 9.90 Å². The van der Waals surface area contributed by atoms with E-state index < -0.39 is 0 Å². The lowest BCUT2D eigenvalue weighted by Crippen LogP contribution is -2.47. The molecule has 17 heavy (non-hydrogen) atoms. The summed E-state index contributed by atoms with van der Waals surface area (Å²) in [5, 5.41) is 13.0. The second-order valence-corrected chi connectivity index (χ2v) is 6.13. The molecule has 3 atom stereocenters. The largest absolute Gasteiger partial charge is 0.394 e. The van der Waals surface area contributed by atoms with E-state index in [4.69, 9.17) is 0 Å². The average molecular weight is 258 g/mol. The first-order valence-corrected chi connectivity index (χ1v) is 7.74. The van der Waals surface area contributed by atoms with Gasteiger partial charge in [0.15, 0.2) is 0 Å². The average Bonchev–Trinajstić information content (AvgIpc) is 2.96. The highest BCUT2D eigenvalue weighted by molar-refractivity contribution is 7.99. The topological polar surface area (TPSA) is 52.6 Å². The third-order valence-electron chi connectivity index (χ3n) is 3.89. The molecule has 0 aromatic rings. The molecule has 0 spiro atoms. The van der Waals surface area contributed by atoms with Crippen molar-refractivity contribution in [1.82, 2.24) is 10.2 Å². The molecule has 0 aromatic carbocycles. The summed E-state index contributed by atoms with van der Waals surface area (Å²) in [5.74, 6) is 0. The number of carbonyl (C=O) groups excluding carboxylic acids is 1. The van der Waals surface area contributed by atoms with Crippen LogP contribution in [0.3, 0.4) is 0 Å². The molecule has 2 fully saturated rings. The Labute approximate surface area is 107 Å². The van der Waals surface area contributed by atoms with Crippen LogP contribution in [0.15, 0.2) is 0 Å². The number of carbonyl (C=O) groups is 1. The molecule has 1 saturated carbocycles. The lowest BCUT2D eigenvalue weighted by atomic mass is 10.2. The molecule has 0 bridgehead atoms. The number of thioether (sulfide) groups is 1. The number of nitrogens with zero attached hydrogens (tertiary/aromatic N) is 1. The van der Waals surface area contributed by atoms with E-state index in [9.17, 15) is 9.90 Å². The van der Waals surface area contributed by atoms with Gasteiger partial charge in [0, 0.05) is 17.8 Å². The number of aliphatic hydroxyl groups is 1. The Bertz CT molecular complexity index is 275. The van der Waals surface area contributed by atoms with E-state index >= 15 is 0 Å². The zero-order valence-corrected chi connectivity index (χ0v) is 11.2. The molecule has 2 amide bonds. The van der Waals surface area contributed by atoms with E-state index in [-0.39, 0.29) is 18.7 Å². The Hall–Kier alpha value is -0.420. The molecule has 4 nitrogen and oxygen atoms in total. The fraction of sp³-hybridized carbons (Fsp3) is 0.917. The first kappa shape index (κ1) is 13.0. The molecule has 0 aromatic heterocycles. The Morgan fingerprint density at radius 3 is 2.94 bits per heavy atom. The summed E-state index contributed by atoms with van der Waals surface area (Å²) in [6, 6.07) is 0.390. The van der Waals surface area contributed by atoms with E-state index in [0.717, 1.165) is 32.2 Å². The second-order valence-electron chi connectivity index (χ2n) is 4.99. The van der Waals surface area contributed by atoms with Gasteiger partial charge in [-0.3, -0.25) is 0 Å². The Morgan fingerprint density at radius 2 is 2.29 bits per heavy atom. The number of aliphatic hydroxyl groups excluding tert-OH is 1. The van der Waals surface area contributed by atoms with Gasteiger partial charge in [-0.15, -0.1) is 0 Å². The number of rotatable bonds is 3. The van der Waals surface area contributed by atoms with Crippen LogP contribution >= 0.6 is 11.8 Å². The molecular weight excluding hydrogens is 236 g/mol. The third-order valence-corrected chi connectivity index (χ3v) is 4.99. The lowest BCUT2D eigenvalue weighted by molar-refractivity contribution is 0.154. The van der Waals surface area contributed by atoms with Gasteiger partial charge in [-0.05, 0) is 38.4 Å². The van der Waals surface area contributed by atoms with Gasteiger partial charge >= 0.3 is 6.03 Å². The summed E-state index contributed by atoms with van der Waals surface area (Å²) in [4.78, 5) is 13.9. The monoisotopic (exact) mass is 258 g/mol. The SMILES string of the molecule is CSC1CCC(NC(=O)N2CCC[C@H]2CO)C1. The summed E-state index contributed by atoms with van der Waals surface area (Å²) >= 11 is 1.90. The van der Waals surface area contributed by atoms with E-state index in [0.29, 0.717) is 11.3 Å². The normalized spacial score (nSPS) is 33.1. The summed E-state index contributed by atoms with van der Waals surface area (Å²) in [5.41, 5.74) is 0. The molecule has 2 aliphatic rings. The van der Waals surface area contributed by atoms with Crippen molar-refractivity contribution in [2.45, 2.75) is 49.4 Å². The molecule has 5 heteroatoms. The summed E-state index contributed by atoms with van der Waals surface area (Å²) in [6.45, 7) is 0.876. The zero-order valence-electron chi connectivity index (χ0n) is 10.4. The van der Waals surface area contributed by atoms with Crippen molar-refractivity contribution in [2.24, 2.45) is 0 Å². The van der Waals surface area contributed by atoms with Crippen LogP contribution in [0.5, 0.6) is 0 Å². The predicted molar refractivity (Wildman–Crippen MR) is 70.3 cm³/mol. The van der Waals surface area contributed by atoms with Gasteiger partial charge in [-0.25, -0.2) is 4.79 Å². The van der Waals surface area contributed by atoms with Gasteiger partial charge < -0.3 is 15.3 Å². The highest BCUT2D eigenvalue weighted by Crippen LogP contribution is 2.28. The number of likely N-dealkylation sites (tertiary alicyclic amines) is 1. The minimum atomic E-state index is 0.0216. The quantitative estimate of drug-likeness (QED) is 0.805. The van der Waals surface area contributed by atoms with Crippen LogP contribution < -0.4 is 5.32 Å². The van der Waals surface area contributed by atoms with E-state index in [1.54, 1.807) is 4.90 Å². The highest BCUT2D eigenvalue weighted by atomic mass is 32.2. The van der Waals surface area contributed by atoms with Crippen molar-refractivity contribution in [3.63, 3.8) is 0 Å². The van der Waals surface area contributed by atoms with Gasteiger partial charge in [-0.1, -0.05) is 0 Å². The minimum absolute atomic E-state index is 0.0216. The number of hydrogen-bond donors (Lipinski definition) is 2. The molecule has 98 valence electrons. The standard InChI is InChI=1S/C12H22N2O2S/c1-17-11-5-4-9(7-11)13-12(16)14-6-2-3-10(14)8-15/h9-11,15H,2-8H2,1H3,(H,13,16)/t9?,10-,11?/m0/s1. The van der Waals surface area contributed by atoms with E-state index in [1.165, 1.54) is 6.42 Å². The van der Waals surface area contributed by atoms with Crippen LogP contribution in [-0.2, 0) is 0 Å². The molecule has 2 N–H and O–H groups in total. The maximum Gasteiger partial charge on any atom is 0.317 e. The van der Waals surface area contributed by atoms with Gasteiger partial charge in [-0.2, -0.15) is 11.8 Å². The second kappa shape index (κ2) is 5.96. The van der Waals surface area contributed by atoms with Crippen LogP contribution in [0.25, 0.3) is 0 Å². The number of urea groups is 1. The molecule has 1 saturated heterocycles. The Balaban J connectivity index is 1.81. The van der Waals surface area contributed by atoms with Crippen LogP contribution in [0.1, 0.15) is 32.1 Å². The fourth-order valence-electron chi connectivity index (χ4n) is 2.84. The minimum Gasteiger partial charge on any atom is -0.394 e. The van der Waals surface area contributed by atoms with Crippen molar-refractivity contribution in [3.8, 4) is 0 Å². The molecule has 0 radical (unpaired) electrons. The summed E-state index contributed by atoms with van der Waals surface area (Å²) in [6.07, 6.45) is 7.46. The highest BCUT2D eigenvalue weighted by Gasteiger charge is 2.31. The van der Waals surface area contributed by atoms with Crippen molar-refractivity contribution in [3.05, 3.63) is 0 Å². The predicted octanol–water partition coefficient (Wildman–Crippen LogP) is 1.44. The number of hydrogen-bond acceptors (Lipinski definition) is 3. The van der Waals surface area contributed by atoms with Crippen molar-refractivity contribution in [2.75, 3.05) is 19.4 Å². The third kappa shape index (κ3) is 3.07. The summed E-state index contributed by atoms with van der Waals surface area (Å²) < 4.78 is 0. The molecule has 1 aliphatic carbocycles. The Kier molecular flexibility index (Phi) is 4.56. The molecule has 1 aliphatic heterocycles. The van der Waals surface area contributed by atoms with Crippen LogP contribution in [0, 0.1) is 0 Å². The van der Waals surface area contributed by atoms with Gasteiger partial charge in [0.25, 0.3) is 0 Å². The first-order valence-electron chi connectivity index (χ1n) is 6.45. The molecule has 1 heterocycles. The van der Waals surface area contributed by atoms with Crippen molar-refractivity contribution >= 4 is 17.8 Å². The van der Waals surface area contributed by atoms with Crippen molar-refractivity contribution in [1.29, 1.82) is 0 Å². The fourth-order valence-corrected chi connectivity index (χ4v) is 3.63. The maximum atomic E-state index is 12.1. The maximum absolute atomic E-state index is 12.1. The van der Waals surface area contributed by atoms with Gasteiger partial charge in [0.2, 0.25) is 0 Å². The van der Waals surface area contributed by atoms with Crippen LogP contribution in [-0.4, -0.2) is 52.8 Å². The zero-order chi connectivity index (χ0) is 12.3. The van der Waals surface area contributed by atoms with Crippen LogP contribution in [0.2, 0.25) is 0 Å². The number of amides is 2. The Morgan fingerprint density at radius 1 is 1.47 bits per heavy atom. The smallest absolute Gasteiger partial charge is 0.317 e. The molecule has 2 unspecified atom stereocenters. The lowest BCUT2D eigenvalue weighted by Gasteiger charge is -2.25. The molecular formula is C12H22N2O2S. The number of nitrogens with one attached hydrogen (secondary N) is 1. The van der Waals surface area contributed by atoms with E-state index in [1.807, 2.05) is 11.8 Å². The van der Waals surface area contributed by atoms with Gasteiger partial charge in [0.05, 0.1) is 12.6 Å². The molecule has 2 rings (SSSR count). The van der Waals surface area contributed by atoms with Gasteiger partial charge in [0.1, 0.15) is 0 Å².